The average molecular weight is 258 g/mol. The Kier molecular flexibility index (Phi) is 6.41. The van der Waals surface area contributed by atoms with Gasteiger partial charge in [0.1, 0.15) is 6.10 Å². The Morgan fingerprint density at radius 1 is 1.00 bits per heavy atom. The molecule has 0 aromatic carbocycles. The van der Waals surface area contributed by atoms with E-state index in [4.69, 9.17) is 14.2 Å². The summed E-state index contributed by atoms with van der Waals surface area (Å²) in [5.41, 5.74) is 0. The summed E-state index contributed by atoms with van der Waals surface area (Å²) in [5.74, 6) is 0.838. The highest BCUT2D eigenvalue weighted by Crippen LogP contribution is 2.22. The molecule has 0 amide bonds. The molecule has 0 aromatic heterocycles. The number of rotatable bonds is 6. The molecule has 2 aliphatic heterocycles. The first-order chi connectivity index (χ1) is 8.86. The zero-order valence-electron chi connectivity index (χ0n) is 11.2. The lowest BCUT2D eigenvalue weighted by molar-refractivity contribution is -0.133. The molecule has 0 saturated carbocycles. The Hall–Kier alpha value is -0.160. The molecule has 18 heavy (non-hydrogen) atoms. The molecule has 4 nitrogen and oxygen atoms in total. The molecule has 2 saturated heterocycles. The van der Waals surface area contributed by atoms with Crippen LogP contribution in [0.1, 0.15) is 38.5 Å². The Balaban J connectivity index is 1.51. The molecule has 0 aromatic rings. The lowest BCUT2D eigenvalue weighted by atomic mass is 9.93. The van der Waals surface area contributed by atoms with E-state index in [0.717, 1.165) is 32.0 Å². The third kappa shape index (κ3) is 4.84. The van der Waals surface area contributed by atoms with Crippen LogP contribution in [0.5, 0.6) is 0 Å². The van der Waals surface area contributed by atoms with Crippen LogP contribution in [-0.2, 0) is 14.2 Å². The van der Waals surface area contributed by atoms with Crippen LogP contribution < -0.4 is 0 Å². The van der Waals surface area contributed by atoms with Crippen molar-refractivity contribution in [2.75, 3.05) is 33.0 Å². The second kappa shape index (κ2) is 8.10. The van der Waals surface area contributed by atoms with Crippen LogP contribution in [0, 0.1) is 5.92 Å². The van der Waals surface area contributed by atoms with Gasteiger partial charge in [0.05, 0.1) is 25.9 Å². The molecule has 2 fully saturated rings. The highest BCUT2D eigenvalue weighted by atomic mass is 16.6. The van der Waals surface area contributed by atoms with Crippen molar-refractivity contribution >= 4 is 0 Å². The number of aliphatic hydroxyl groups excluding tert-OH is 1. The van der Waals surface area contributed by atoms with Crippen LogP contribution in [0.3, 0.4) is 0 Å². The van der Waals surface area contributed by atoms with Crippen molar-refractivity contribution in [3.8, 4) is 0 Å². The Bertz CT molecular complexity index is 210. The van der Waals surface area contributed by atoms with E-state index in [1.165, 1.54) is 25.7 Å². The van der Waals surface area contributed by atoms with E-state index in [1.807, 2.05) is 0 Å². The maximum absolute atomic E-state index is 9.99. The Morgan fingerprint density at radius 2 is 1.83 bits per heavy atom. The van der Waals surface area contributed by atoms with Crippen LogP contribution in [0.2, 0.25) is 0 Å². The fraction of sp³-hybridized carbons (Fsp3) is 1.00. The summed E-state index contributed by atoms with van der Waals surface area (Å²) in [6.45, 7) is 3.68. The van der Waals surface area contributed by atoms with Gasteiger partial charge in [-0.3, -0.25) is 0 Å². The number of unbranched alkanes of at least 4 members (excludes halogenated alkanes) is 1. The number of aliphatic hydroxyl groups is 1. The van der Waals surface area contributed by atoms with Gasteiger partial charge in [0, 0.05) is 13.2 Å². The van der Waals surface area contributed by atoms with Crippen molar-refractivity contribution in [2.24, 2.45) is 5.92 Å². The van der Waals surface area contributed by atoms with Crippen LogP contribution >= 0.6 is 0 Å². The molecule has 2 unspecified atom stereocenters. The summed E-state index contributed by atoms with van der Waals surface area (Å²) in [6, 6.07) is 0. The molecule has 0 radical (unpaired) electrons. The second-order valence-electron chi connectivity index (χ2n) is 5.39. The molecule has 2 aliphatic rings. The SMILES string of the molecule is OC(CCCCC1CCOCC1)C1COCCO1. The van der Waals surface area contributed by atoms with E-state index in [0.29, 0.717) is 19.8 Å². The number of hydrogen-bond donors (Lipinski definition) is 1. The van der Waals surface area contributed by atoms with E-state index in [2.05, 4.69) is 0 Å². The van der Waals surface area contributed by atoms with Crippen molar-refractivity contribution in [3.63, 3.8) is 0 Å². The minimum atomic E-state index is -0.361. The maximum Gasteiger partial charge on any atom is 0.107 e. The smallest absolute Gasteiger partial charge is 0.107 e. The molecular weight excluding hydrogens is 232 g/mol. The molecule has 2 atom stereocenters. The first-order valence-electron chi connectivity index (χ1n) is 7.31. The summed E-state index contributed by atoms with van der Waals surface area (Å²) in [4.78, 5) is 0. The zero-order valence-corrected chi connectivity index (χ0v) is 11.2. The van der Waals surface area contributed by atoms with Gasteiger partial charge >= 0.3 is 0 Å². The van der Waals surface area contributed by atoms with Crippen molar-refractivity contribution in [3.05, 3.63) is 0 Å². The molecule has 4 heteroatoms. The fourth-order valence-corrected chi connectivity index (χ4v) is 2.74. The van der Waals surface area contributed by atoms with Crippen LogP contribution in [-0.4, -0.2) is 50.3 Å². The lowest BCUT2D eigenvalue weighted by Gasteiger charge is -2.27. The summed E-state index contributed by atoms with van der Waals surface area (Å²) in [6.07, 6.45) is 6.34. The van der Waals surface area contributed by atoms with E-state index in [-0.39, 0.29) is 12.2 Å². The van der Waals surface area contributed by atoms with Gasteiger partial charge in [-0.15, -0.1) is 0 Å². The minimum Gasteiger partial charge on any atom is -0.390 e. The third-order valence-electron chi connectivity index (χ3n) is 3.97. The summed E-state index contributed by atoms with van der Waals surface area (Å²) in [7, 11) is 0. The molecule has 0 bridgehead atoms. The predicted octanol–water partition coefficient (Wildman–Crippen LogP) is 1.75. The number of ether oxygens (including phenoxy) is 3. The summed E-state index contributed by atoms with van der Waals surface area (Å²) >= 11 is 0. The molecule has 0 aliphatic carbocycles. The predicted molar refractivity (Wildman–Crippen MR) is 68.6 cm³/mol. The van der Waals surface area contributed by atoms with Crippen LogP contribution in [0.15, 0.2) is 0 Å². The fourth-order valence-electron chi connectivity index (χ4n) is 2.74. The van der Waals surface area contributed by atoms with Gasteiger partial charge in [-0.2, -0.15) is 0 Å². The minimum absolute atomic E-state index is 0.109. The molecule has 2 rings (SSSR count). The largest absolute Gasteiger partial charge is 0.390 e. The monoisotopic (exact) mass is 258 g/mol. The van der Waals surface area contributed by atoms with Gasteiger partial charge in [0.15, 0.2) is 0 Å². The van der Waals surface area contributed by atoms with Gasteiger partial charge in [0.25, 0.3) is 0 Å². The van der Waals surface area contributed by atoms with E-state index >= 15 is 0 Å². The van der Waals surface area contributed by atoms with Crippen molar-refractivity contribution in [1.82, 2.24) is 0 Å². The topological polar surface area (TPSA) is 47.9 Å². The van der Waals surface area contributed by atoms with Gasteiger partial charge in [0.2, 0.25) is 0 Å². The van der Waals surface area contributed by atoms with E-state index in [9.17, 15) is 5.11 Å². The Labute approximate surface area is 110 Å². The molecular formula is C14H26O4. The molecule has 0 spiro atoms. The highest BCUT2D eigenvalue weighted by molar-refractivity contribution is 4.71. The normalized spacial score (nSPS) is 28.2. The third-order valence-corrected chi connectivity index (χ3v) is 3.97. The van der Waals surface area contributed by atoms with Crippen molar-refractivity contribution < 1.29 is 19.3 Å². The molecule has 106 valence electrons. The highest BCUT2D eigenvalue weighted by Gasteiger charge is 2.22. The summed E-state index contributed by atoms with van der Waals surface area (Å²) < 4.78 is 16.2. The average Bonchev–Trinajstić information content (AvgIpc) is 2.45. The molecule has 2 heterocycles. The first kappa shape index (κ1) is 14.3. The zero-order chi connectivity index (χ0) is 12.6. The first-order valence-corrected chi connectivity index (χ1v) is 7.31. The molecule has 1 N–H and O–H groups in total. The lowest BCUT2D eigenvalue weighted by Crippen LogP contribution is -2.38. The van der Waals surface area contributed by atoms with E-state index < -0.39 is 0 Å². The number of hydrogen-bond acceptors (Lipinski definition) is 4. The van der Waals surface area contributed by atoms with E-state index in [1.54, 1.807) is 0 Å². The standard InChI is InChI=1S/C14H26O4/c15-13(14-11-17-9-10-18-14)4-2-1-3-12-5-7-16-8-6-12/h12-15H,1-11H2. The van der Waals surface area contributed by atoms with Crippen molar-refractivity contribution in [1.29, 1.82) is 0 Å². The maximum atomic E-state index is 9.99. The van der Waals surface area contributed by atoms with Gasteiger partial charge < -0.3 is 19.3 Å². The second-order valence-corrected chi connectivity index (χ2v) is 5.39. The van der Waals surface area contributed by atoms with Gasteiger partial charge in [-0.1, -0.05) is 19.3 Å². The van der Waals surface area contributed by atoms with Crippen LogP contribution in [0.4, 0.5) is 0 Å². The van der Waals surface area contributed by atoms with Crippen LogP contribution in [0.25, 0.3) is 0 Å². The quantitative estimate of drug-likeness (QED) is 0.737. The summed E-state index contributed by atoms with van der Waals surface area (Å²) in [5, 5.41) is 9.99. The Morgan fingerprint density at radius 3 is 2.56 bits per heavy atom. The van der Waals surface area contributed by atoms with Crippen molar-refractivity contribution in [2.45, 2.75) is 50.7 Å². The van der Waals surface area contributed by atoms with Gasteiger partial charge in [-0.25, -0.2) is 0 Å². The van der Waals surface area contributed by atoms with Gasteiger partial charge in [-0.05, 0) is 25.2 Å².